The van der Waals surface area contributed by atoms with Gasteiger partial charge in [-0.15, -0.1) is 0 Å². The third-order valence-corrected chi connectivity index (χ3v) is 3.25. The normalized spacial score (nSPS) is 21.2. The topological polar surface area (TPSA) is 40.9 Å². The summed E-state index contributed by atoms with van der Waals surface area (Å²) in [4.78, 5) is 11.9. The highest BCUT2D eigenvalue weighted by atomic mass is 16.1. The SMILES string of the molecule is N#Cc1ccc(C2CCCCCC2=O)cc1. The largest absolute Gasteiger partial charge is 0.299 e. The molecule has 2 heteroatoms. The highest BCUT2D eigenvalue weighted by molar-refractivity contribution is 5.85. The number of benzene rings is 1. The van der Waals surface area contributed by atoms with Gasteiger partial charge in [0.1, 0.15) is 5.78 Å². The standard InChI is InChI=1S/C14H15NO/c15-10-11-6-8-12(9-7-11)13-4-2-1-3-5-14(13)16/h6-9,13H,1-5H2. The Labute approximate surface area is 95.9 Å². The minimum absolute atomic E-state index is 0.0650. The molecule has 1 fully saturated rings. The van der Waals surface area contributed by atoms with E-state index < -0.39 is 0 Å². The van der Waals surface area contributed by atoms with E-state index >= 15 is 0 Å². The minimum Gasteiger partial charge on any atom is -0.299 e. The van der Waals surface area contributed by atoms with Crippen LogP contribution >= 0.6 is 0 Å². The van der Waals surface area contributed by atoms with Gasteiger partial charge in [-0.05, 0) is 30.5 Å². The number of ketones is 1. The van der Waals surface area contributed by atoms with Gasteiger partial charge in [0, 0.05) is 12.3 Å². The van der Waals surface area contributed by atoms with Gasteiger partial charge in [-0.3, -0.25) is 4.79 Å². The Hall–Kier alpha value is -1.62. The molecule has 1 atom stereocenters. The Morgan fingerprint density at radius 3 is 2.56 bits per heavy atom. The van der Waals surface area contributed by atoms with Gasteiger partial charge >= 0.3 is 0 Å². The lowest BCUT2D eigenvalue weighted by atomic mass is 9.90. The number of carbonyl (C=O) groups excluding carboxylic acids is 1. The molecule has 1 aliphatic carbocycles. The lowest BCUT2D eigenvalue weighted by molar-refractivity contribution is -0.120. The van der Waals surface area contributed by atoms with Crippen molar-refractivity contribution in [2.75, 3.05) is 0 Å². The lowest BCUT2D eigenvalue weighted by Crippen LogP contribution is -2.10. The Morgan fingerprint density at radius 1 is 1.12 bits per heavy atom. The predicted octanol–water partition coefficient (Wildman–Crippen LogP) is 3.18. The molecule has 0 heterocycles. The van der Waals surface area contributed by atoms with E-state index in [2.05, 4.69) is 6.07 Å². The molecule has 2 rings (SSSR count). The fourth-order valence-electron chi connectivity index (χ4n) is 2.30. The zero-order valence-corrected chi connectivity index (χ0v) is 9.28. The average Bonchev–Trinajstić information content (AvgIpc) is 2.54. The summed E-state index contributed by atoms with van der Waals surface area (Å²) in [7, 11) is 0. The Balaban J connectivity index is 2.21. The average molecular weight is 213 g/mol. The molecule has 0 amide bonds. The van der Waals surface area contributed by atoms with Crippen LogP contribution in [0, 0.1) is 11.3 Å². The number of nitrogens with zero attached hydrogens (tertiary/aromatic N) is 1. The summed E-state index contributed by atoms with van der Waals surface area (Å²) in [5.74, 6) is 0.428. The van der Waals surface area contributed by atoms with Gasteiger partial charge in [-0.25, -0.2) is 0 Å². The second-order valence-electron chi connectivity index (χ2n) is 4.35. The van der Waals surface area contributed by atoms with E-state index in [9.17, 15) is 4.79 Å². The van der Waals surface area contributed by atoms with Crippen molar-refractivity contribution < 1.29 is 4.79 Å². The first kappa shape index (κ1) is 10.9. The molecule has 82 valence electrons. The quantitative estimate of drug-likeness (QED) is 0.672. The van der Waals surface area contributed by atoms with Gasteiger partial charge in [-0.1, -0.05) is 25.0 Å². The Morgan fingerprint density at radius 2 is 1.88 bits per heavy atom. The van der Waals surface area contributed by atoms with Crippen molar-refractivity contribution in [3.63, 3.8) is 0 Å². The monoisotopic (exact) mass is 213 g/mol. The van der Waals surface area contributed by atoms with Crippen LogP contribution in [-0.4, -0.2) is 5.78 Å². The molecular formula is C14H15NO. The van der Waals surface area contributed by atoms with E-state index in [1.54, 1.807) is 12.1 Å². The maximum atomic E-state index is 11.9. The van der Waals surface area contributed by atoms with Gasteiger partial charge in [0.05, 0.1) is 11.6 Å². The van der Waals surface area contributed by atoms with Gasteiger partial charge in [0.25, 0.3) is 0 Å². The third kappa shape index (κ3) is 2.30. The molecule has 1 aromatic rings. The first-order chi connectivity index (χ1) is 7.81. The van der Waals surface area contributed by atoms with Crippen molar-refractivity contribution in [1.29, 1.82) is 5.26 Å². The van der Waals surface area contributed by atoms with Crippen LogP contribution in [0.5, 0.6) is 0 Å². The molecule has 1 aromatic carbocycles. The molecule has 1 saturated carbocycles. The molecule has 2 nitrogen and oxygen atoms in total. The van der Waals surface area contributed by atoms with E-state index in [1.165, 1.54) is 6.42 Å². The molecular weight excluding hydrogens is 198 g/mol. The number of hydrogen-bond acceptors (Lipinski definition) is 2. The molecule has 0 aromatic heterocycles. The molecule has 16 heavy (non-hydrogen) atoms. The summed E-state index contributed by atoms with van der Waals surface area (Å²) in [5.41, 5.74) is 1.73. The van der Waals surface area contributed by atoms with Gasteiger partial charge in [-0.2, -0.15) is 5.26 Å². The van der Waals surface area contributed by atoms with Crippen LogP contribution in [0.1, 0.15) is 49.1 Å². The van der Waals surface area contributed by atoms with E-state index in [0.29, 0.717) is 17.8 Å². The first-order valence-electron chi connectivity index (χ1n) is 5.84. The highest BCUT2D eigenvalue weighted by Crippen LogP contribution is 2.29. The Bertz CT molecular complexity index is 413. The predicted molar refractivity (Wildman–Crippen MR) is 62.0 cm³/mol. The first-order valence-corrected chi connectivity index (χ1v) is 5.84. The maximum Gasteiger partial charge on any atom is 0.140 e. The molecule has 0 N–H and O–H groups in total. The highest BCUT2D eigenvalue weighted by Gasteiger charge is 2.21. The second-order valence-corrected chi connectivity index (χ2v) is 4.35. The van der Waals surface area contributed by atoms with Crippen LogP contribution in [0.2, 0.25) is 0 Å². The molecule has 1 unspecified atom stereocenters. The molecule has 0 bridgehead atoms. The van der Waals surface area contributed by atoms with Crippen molar-refractivity contribution in [3.8, 4) is 6.07 Å². The fourth-order valence-corrected chi connectivity index (χ4v) is 2.30. The molecule has 0 radical (unpaired) electrons. The summed E-state index contributed by atoms with van der Waals surface area (Å²) in [6, 6.07) is 9.54. The zero-order valence-electron chi connectivity index (χ0n) is 9.28. The summed E-state index contributed by atoms with van der Waals surface area (Å²) >= 11 is 0. The van der Waals surface area contributed by atoms with Crippen LogP contribution in [0.4, 0.5) is 0 Å². The molecule has 0 aliphatic heterocycles. The number of Topliss-reactive ketones (excluding diaryl/α,β-unsaturated/α-hetero) is 1. The van der Waals surface area contributed by atoms with E-state index in [1.807, 2.05) is 12.1 Å². The minimum atomic E-state index is 0.0650. The van der Waals surface area contributed by atoms with E-state index in [4.69, 9.17) is 5.26 Å². The van der Waals surface area contributed by atoms with Crippen LogP contribution in [-0.2, 0) is 4.79 Å². The van der Waals surface area contributed by atoms with Gasteiger partial charge < -0.3 is 0 Å². The van der Waals surface area contributed by atoms with Crippen LogP contribution in [0.25, 0.3) is 0 Å². The van der Waals surface area contributed by atoms with Crippen molar-refractivity contribution in [2.45, 2.75) is 38.0 Å². The molecule has 0 saturated heterocycles. The third-order valence-electron chi connectivity index (χ3n) is 3.25. The fraction of sp³-hybridized carbons (Fsp3) is 0.429. The van der Waals surface area contributed by atoms with Crippen molar-refractivity contribution in [2.24, 2.45) is 0 Å². The van der Waals surface area contributed by atoms with E-state index in [-0.39, 0.29) is 5.92 Å². The summed E-state index contributed by atoms with van der Waals surface area (Å²) in [6.45, 7) is 0. The van der Waals surface area contributed by atoms with Gasteiger partial charge in [0.2, 0.25) is 0 Å². The number of nitriles is 1. The van der Waals surface area contributed by atoms with Crippen LogP contribution in [0.15, 0.2) is 24.3 Å². The summed E-state index contributed by atoms with van der Waals surface area (Å²) < 4.78 is 0. The van der Waals surface area contributed by atoms with Crippen LogP contribution < -0.4 is 0 Å². The maximum absolute atomic E-state index is 11.9. The number of rotatable bonds is 1. The number of hydrogen-bond donors (Lipinski definition) is 0. The summed E-state index contributed by atoms with van der Waals surface area (Å²) in [5, 5.41) is 8.72. The summed E-state index contributed by atoms with van der Waals surface area (Å²) in [6.07, 6.45) is 5.01. The lowest BCUT2D eigenvalue weighted by Gasteiger charge is -2.12. The van der Waals surface area contributed by atoms with Gasteiger partial charge in [0.15, 0.2) is 0 Å². The van der Waals surface area contributed by atoms with Crippen LogP contribution in [0.3, 0.4) is 0 Å². The van der Waals surface area contributed by atoms with Crippen molar-refractivity contribution >= 4 is 5.78 Å². The second kappa shape index (κ2) is 4.94. The molecule has 1 aliphatic rings. The van der Waals surface area contributed by atoms with Crippen molar-refractivity contribution in [3.05, 3.63) is 35.4 Å². The van der Waals surface area contributed by atoms with E-state index in [0.717, 1.165) is 24.8 Å². The zero-order chi connectivity index (χ0) is 11.4. The number of carbonyl (C=O) groups is 1. The Kier molecular flexibility index (Phi) is 3.36. The van der Waals surface area contributed by atoms with Crippen molar-refractivity contribution in [1.82, 2.24) is 0 Å². The molecule has 0 spiro atoms. The smallest absolute Gasteiger partial charge is 0.140 e.